The van der Waals surface area contributed by atoms with Crippen LogP contribution in [0.25, 0.3) is 0 Å². The lowest BCUT2D eigenvalue weighted by Crippen LogP contribution is -2.07. The number of allylic oxidation sites excluding steroid dienone is 6. The Morgan fingerprint density at radius 3 is 3.27 bits per heavy atom. The zero-order valence-corrected chi connectivity index (χ0v) is 7.01. The Bertz CT molecular complexity index is 241. The third-order valence-corrected chi connectivity index (χ3v) is 2.55. The van der Waals surface area contributed by atoms with Gasteiger partial charge in [0.2, 0.25) is 0 Å². The van der Waals surface area contributed by atoms with Crippen LogP contribution in [0.4, 0.5) is 0 Å². The maximum absolute atomic E-state index is 2.36. The first kappa shape index (κ1) is 6.90. The highest BCUT2D eigenvalue weighted by molar-refractivity contribution is 5.32. The molecular weight excluding hydrogens is 132 g/mol. The Hall–Kier alpha value is -0.780. The SMILES string of the molecule is CC1=CCC2C=CCCC2=C1. The van der Waals surface area contributed by atoms with Crippen molar-refractivity contribution in [1.82, 2.24) is 0 Å². The van der Waals surface area contributed by atoms with E-state index in [4.69, 9.17) is 0 Å². The molecule has 0 bridgehead atoms. The van der Waals surface area contributed by atoms with E-state index in [1.165, 1.54) is 24.8 Å². The predicted octanol–water partition coefficient (Wildman–Crippen LogP) is 3.23. The zero-order valence-electron chi connectivity index (χ0n) is 7.01. The molecule has 0 saturated heterocycles. The lowest BCUT2D eigenvalue weighted by molar-refractivity contribution is 0.680. The number of fused-ring (bicyclic) bond motifs is 1. The van der Waals surface area contributed by atoms with Gasteiger partial charge in [-0.25, -0.2) is 0 Å². The van der Waals surface area contributed by atoms with E-state index < -0.39 is 0 Å². The van der Waals surface area contributed by atoms with Crippen molar-refractivity contribution in [2.45, 2.75) is 26.2 Å². The molecule has 0 nitrogen and oxygen atoms in total. The molecule has 2 aliphatic carbocycles. The lowest BCUT2D eigenvalue weighted by Gasteiger charge is -2.22. The number of rotatable bonds is 0. The van der Waals surface area contributed by atoms with E-state index in [0.717, 1.165) is 5.92 Å². The Morgan fingerprint density at radius 2 is 2.36 bits per heavy atom. The molecule has 2 aliphatic rings. The molecule has 0 aliphatic heterocycles. The van der Waals surface area contributed by atoms with Crippen molar-refractivity contribution in [3.05, 3.63) is 35.5 Å². The molecule has 0 aromatic rings. The molecule has 58 valence electrons. The summed E-state index contributed by atoms with van der Waals surface area (Å²) in [7, 11) is 0. The molecule has 1 unspecified atom stereocenters. The normalized spacial score (nSPS) is 29.0. The van der Waals surface area contributed by atoms with Gasteiger partial charge in [-0.1, -0.05) is 35.5 Å². The molecule has 0 saturated carbocycles. The third-order valence-electron chi connectivity index (χ3n) is 2.55. The first-order valence-corrected chi connectivity index (χ1v) is 4.40. The smallest absolute Gasteiger partial charge is 0.00148 e. The molecule has 0 amide bonds. The van der Waals surface area contributed by atoms with E-state index in [1.54, 1.807) is 5.57 Å². The van der Waals surface area contributed by atoms with Crippen LogP contribution in [0.1, 0.15) is 26.2 Å². The fourth-order valence-electron chi connectivity index (χ4n) is 1.89. The molecular formula is C11H14. The fourth-order valence-corrected chi connectivity index (χ4v) is 1.89. The maximum Gasteiger partial charge on any atom is 0.00148 e. The average molecular weight is 146 g/mol. The van der Waals surface area contributed by atoms with Crippen LogP contribution in [0.2, 0.25) is 0 Å². The molecule has 0 aromatic heterocycles. The Labute approximate surface area is 68.3 Å². The first-order valence-electron chi connectivity index (χ1n) is 4.40. The van der Waals surface area contributed by atoms with E-state index in [-0.39, 0.29) is 0 Å². The molecule has 2 rings (SSSR count). The van der Waals surface area contributed by atoms with Gasteiger partial charge in [-0.3, -0.25) is 0 Å². The highest BCUT2D eigenvalue weighted by atomic mass is 14.2. The van der Waals surface area contributed by atoms with Crippen molar-refractivity contribution in [3.63, 3.8) is 0 Å². The molecule has 0 fully saturated rings. The first-order chi connectivity index (χ1) is 5.36. The van der Waals surface area contributed by atoms with Crippen molar-refractivity contribution in [2.24, 2.45) is 5.92 Å². The van der Waals surface area contributed by atoms with Crippen LogP contribution < -0.4 is 0 Å². The second kappa shape index (κ2) is 2.69. The van der Waals surface area contributed by atoms with Crippen molar-refractivity contribution in [3.8, 4) is 0 Å². The van der Waals surface area contributed by atoms with Crippen molar-refractivity contribution in [2.75, 3.05) is 0 Å². The topological polar surface area (TPSA) is 0 Å². The van der Waals surface area contributed by atoms with Gasteiger partial charge in [0.15, 0.2) is 0 Å². The van der Waals surface area contributed by atoms with Gasteiger partial charge in [0, 0.05) is 5.92 Å². The predicted molar refractivity (Wildman–Crippen MR) is 48.3 cm³/mol. The quantitative estimate of drug-likeness (QED) is 0.460. The van der Waals surface area contributed by atoms with Gasteiger partial charge >= 0.3 is 0 Å². The van der Waals surface area contributed by atoms with Crippen LogP contribution in [0.5, 0.6) is 0 Å². The molecule has 0 heteroatoms. The summed E-state index contributed by atoms with van der Waals surface area (Å²) in [5, 5.41) is 0. The minimum absolute atomic E-state index is 0.743. The number of hydrogen-bond donors (Lipinski definition) is 0. The summed E-state index contributed by atoms with van der Waals surface area (Å²) in [6.07, 6.45) is 13.1. The molecule has 1 atom stereocenters. The summed E-state index contributed by atoms with van der Waals surface area (Å²) >= 11 is 0. The summed E-state index contributed by atoms with van der Waals surface area (Å²) in [6, 6.07) is 0. The van der Waals surface area contributed by atoms with E-state index in [1.807, 2.05) is 0 Å². The molecule has 0 N–H and O–H groups in total. The second-order valence-corrected chi connectivity index (χ2v) is 3.48. The molecule has 0 radical (unpaired) electrons. The van der Waals surface area contributed by atoms with Gasteiger partial charge in [0.1, 0.15) is 0 Å². The third kappa shape index (κ3) is 1.30. The highest BCUT2D eigenvalue weighted by Gasteiger charge is 2.15. The van der Waals surface area contributed by atoms with Crippen molar-refractivity contribution < 1.29 is 0 Å². The van der Waals surface area contributed by atoms with Gasteiger partial charge in [0.05, 0.1) is 0 Å². The van der Waals surface area contributed by atoms with Gasteiger partial charge in [0.25, 0.3) is 0 Å². The van der Waals surface area contributed by atoms with E-state index in [0.29, 0.717) is 0 Å². The molecule has 0 spiro atoms. The highest BCUT2D eigenvalue weighted by Crippen LogP contribution is 2.31. The van der Waals surface area contributed by atoms with Gasteiger partial charge < -0.3 is 0 Å². The second-order valence-electron chi connectivity index (χ2n) is 3.48. The van der Waals surface area contributed by atoms with E-state index >= 15 is 0 Å². The summed E-state index contributed by atoms with van der Waals surface area (Å²) in [5.41, 5.74) is 3.10. The van der Waals surface area contributed by atoms with Crippen LogP contribution in [0, 0.1) is 5.92 Å². The Balaban J connectivity index is 2.26. The average Bonchev–Trinajstić information content (AvgIpc) is 2.04. The standard InChI is InChI=1S/C11H14/c1-9-6-7-10-4-2-3-5-11(10)8-9/h2,4,6,8,10H,3,5,7H2,1H3. The van der Waals surface area contributed by atoms with Gasteiger partial charge in [-0.05, 0) is 26.2 Å². The lowest BCUT2D eigenvalue weighted by atomic mass is 9.83. The minimum Gasteiger partial charge on any atom is -0.0876 e. The van der Waals surface area contributed by atoms with E-state index in [2.05, 4.69) is 31.2 Å². The van der Waals surface area contributed by atoms with Gasteiger partial charge in [-0.15, -0.1) is 0 Å². The van der Waals surface area contributed by atoms with Crippen molar-refractivity contribution >= 4 is 0 Å². The summed E-state index contributed by atoms with van der Waals surface area (Å²) in [6.45, 7) is 2.20. The molecule has 0 aromatic carbocycles. The van der Waals surface area contributed by atoms with Crippen LogP contribution in [-0.4, -0.2) is 0 Å². The Kier molecular flexibility index (Phi) is 1.69. The summed E-state index contributed by atoms with van der Waals surface area (Å²) in [5.74, 6) is 0.743. The monoisotopic (exact) mass is 146 g/mol. The number of hydrogen-bond acceptors (Lipinski definition) is 0. The van der Waals surface area contributed by atoms with Crippen LogP contribution in [-0.2, 0) is 0 Å². The van der Waals surface area contributed by atoms with Crippen molar-refractivity contribution in [1.29, 1.82) is 0 Å². The largest absolute Gasteiger partial charge is 0.0876 e. The minimum atomic E-state index is 0.743. The summed E-state index contributed by atoms with van der Waals surface area (Å²) < 4.78 is 0. The van der Waals surface area contributed by atoms with Gasteiger partial charge in [-0.2, -0.15) is 0 Å². The molecule has 11 heavy (non-hydrogen) atoms. The van der Waals surface area contributed by atoms with Crippen LogP contribution in [0.15, 0.2) is 35.5 Å². The zero-order chi connectivity index (χ0) is 7.68. The maximum atomic E-state index is 2.36. The fraction of sp³-hybridized carbons (Fsp3) is 0.455. The Morgan fingerprint density at radius 1 is 1.45 bits per heavy atom. The van der Waals surface area contributed by atoms with Crippen LogP contribution >= 0.6 is 0 Å². The van der Waals surface area contributed by atoms with Crippen LogP contribution in [0.3, 0.4) is 0 Å². The summed E-state index contributed by atoms with van der Waals surface area (Å²) in [4.78, 5) is 0. The molecule has 0 heterocycles. The van der Waals surface area contributed by atoms with E-state index in [9.17, 15) is 0 Å².